The summed E-state index contributed by atoms with van der Waals surface area (Å²) in [6, 6.07) is 2.12. The van der Waals surface area contributed by atoms with Crippen LogP contribution in [-0.4, -0.2) is 4.98 Å². The molecule has 0 spiro atoms. The number of rotatable bonds is 0. The second-order valence-electron chi connectivity index (χ2n) is 1.10. The van der Waals surface area contributed by atoms with Crippen LogP contribution in [0, 0.1) is 0 Å². The molecule has 1 aromatic rings. The number of nitrogens with zero attached hydrogens (tertiary/aromatic N) is 1. The zero-order valence-corrected chi connectivity index (χ0v) is 5.14. The SMILES string of the molecule is [2H]c1cncc(Br)c1. The Morgan fingerprint density at radius 2 is 2.71 bits per heavy atom. The average molecular weight is 159 g/mol. The molecule has 7 heavy (non-hydrogen) atoms. The predicted molar refractivity (Wildman–Crippen MR) is 31.9 cm³/mol. The van der Waals surface area contributed by atoms with Gasteiger partial charge in [0.1, 0.15) is 0 Å². The van der Waals surface area contributed by atoms with Crippen molar-refractivity contribution in [3.8, 4) is 0 Å². The van der Waals surface area contributed by atoms with Crippen molar-refractivity contribution < 1.29 is 1.37 Å². The fourth-order valence-corrected chi connectivity index (χ4v) is 0.556. The Morgan fingerprint density at radius 1 is 1.86 bits per heavy atom. The van der Waals surface area contributed by atoms with E-state index in [0.29, 0.717) is 6.04 Å². The molecule has 0 aliphatic heterocycles. The van der Waals surface area contributed by atoms with Crippen LogP contribution < -0.4 is 0 Å². The summed E-state index contributed by atoms with van der Waals surface area (Å²) in [7, 11) is 0. The molecule has 2 heteroatoms. The maximum atomic E-state index is 7.04. The molecule has 0 aliphatic rings. The molecule has 1 nitrogen and oxygen atoms in total. The molecule has 0 aliphatic carbocycles. The van der Waals surface area contributed by atoms with E-state index < -0.39 is 0 Å². The summed E-state index contributed by atoms with van der Waals surface area (Å²) in [5.74, 6) is 0. The second kappa shape index (κ2) is 2.07. The van der Waals surface area contributed by atoms with Crippen LogP contribution in [0.4, 0.5) is 0 Å². The van der Waals surface area contributed by atoms with Crippen LogP contribution in [0.15, 0.2) is 29.0 Å². The third-order valence-corrected chi connectivity index (χ3v) is 1.00. The van der Waals surface area contributed by atoms with Crippen molar-refractivity contribution in [1.82, 2.24) is 4.98 Å². The number of aromatic nitrogens is 1. The van der Waals surface area contributed by atoms with E-state index in [9.17, 15) is 0 Å². The third-order valence-electron chi connectivity index (χ3n) is 0.568. The first-order chi connectivity index (χ1) is 3.79. The van der Waals surface area contributed by atoms with E-state index in [4.69, 9.17) is 1.37 Å². The van der Waals surface area contributed by atoms with Crippen LogP contribution in [0.1, 0.15) is 1.37 Å². The molecule has 0 atom stereocenters. The van der Waals surface area contributed by atoms with Crippen LogP contribution in [0.3, 0.4) is 0 Å². The first kappa shape index (κ1) is 3.61. The minimum absolute atomic E-state index is 0.430. The molecule has 0 fully saturated rings. The molecule has 36 valence electrons. The Balaban J connectivity index is 3.08. The molecule has 0 saturated carbocycles. The largest absolute Gasteiger partial charge is 0.264 e. The van der Waals surface area contributed by atoms with Crippen LogP contribution in [-0.2, 0) is 0 Å². The Bertz CT molecular complexity index is 172. The van der Waals surface area contributed by atoms with Gasteiger partial charge in [0.2, 0.25) is 0 Å². The molecule has 0 N–H and O–H groups in total. The zero-order valence-electron chi connectivity index (χ0n) is 4.56. The van der Waals surface area contributed by atoms with Gasteiger partial charge >= 0.3 is 0 Å². The van der Waals surface area contributed by atoms with E-state index in [1.54, 1.807) is 12.3 Å². The highest BCUT2D eigenvalue weighted by Crippen LogP contribution is 2.02. The summed E-state index contributed by atoms with van der Waals surface area (Å²) in [5, 5.41) is 0. The van der Waals surface area contributed by atoms with E-state index in [-0.39, 0.29) is 0 Å². The highest BCUT2D eigenvalue weighted by molar-refractivity contribution is 9.10. The fraction of sp³-hybridized carbons (Fsp3) is 0. The molecule has 0 saturated heterocycles. The first-order valence-electron chi connectivity index (χ1n) is 2.36. The number of hydrogen-bond donors (Lipinski definition) is 0. The Hall–Kier alpha value is -0.370. The number of hydrogen-bond acceptors (Lipinski definition) is 1. The van der Waals surface area contributed by atoms with E-state index in [2.05, 4.69) is 20.9 Å². The molecule has 1 aromatic heterocycles. The van der Waals surface area contributed by atoms with Gasteiger partial charge in [-0.05, 0) is 28.0 Å². The summed E-state index contributed by atoms with van der Waals surface area (Å²) in [6.07, 6.45) is 3.14. The lowest BCUT2D eigenvalue weighted by Crippen LogP contribution is -1.64. The van der Waals surface area contributed by atoms with Gasteiger partial charge in [0.25, 0.3) is 0 Å². The average Bonchev–Trinajstić information content (AvgIpc) is 1.64. The van der Waals surface area contributed by atoms with Crippen LogP contribution in [0.25, 0.3) is 0 Å². The van der Waals surface area contributed by atoms with Crippen molar-refractivity contribution in [1.29, 1.82) is 0 Å². The lowest BCUT2D eigenvalue weighted by atomic mass is 10.5. The molecule has 0 unspecified atom stereocenters. The molecule has 0 bridgehead atoms. The van der Waals surface area contributed by atoms with Crippen LogP contribution in [0.2, 0.25) is 0 Å². The Labute approximate surface area is 51.9 Å². The molecule has 1 heterocycles. The van der Waals surface area contributed by atoms with Gasteiger partial charge in [0, 0.05) is 16.9 Å². The van der Waals surface area contributed by atoms with Crippen molar-refractivity contribution in [2.24, 2.45) is 0 Å². The predicted octanol–water partition coefficient (Wildman–Crippen LogP) is 1.84. The van der Waals surface area contributed by atoms with E-state index in [0.717, 1.165) is 4.47 Å². The topological polar surface area (TPSA) is 12.9 Å². The van der Waals surface area contributed by atoms with Gasteiger partial charge in [-0.3, -0.25) is 4.98 Å². The van der Waals surface area contributed by atoms with Crippen LogP contribution >= 0.6 is 15.9 Å². The monoisotopic (exact) mass is 158 g/mol. The van der Waals surface area contributed by atoms with Gasteiger partial charge in [-0.1, -0.05) is 0 Å². The third kappa shape index (κ3) is 1.27. The minimum Gasteiger partial charge on any atom is -0.264 e. The smallest absolute Gasteiger partial charge is 0.0639 e. The minimum atomic E-state index is 0.430. The van der Waals surface area contributed by atoms with Crippen molar-refractivity contribution in [2.75, 3.05) is 0 Å². The molecular weight excluding hydrogens is 154 g/mol. The highest BCUT2D eigenvalue weighted by Gasteiger charge is 1.75. The van der Waals surface area contributed by atoms with Crippen molar-refractivity contribution in [3.63, 3.8) is 0 Å². The second-order valence-corrected chi connectivity index (χ2v) is 2.02. The normalized spacial score (nSPS) is 10.7. The van der Waals surface area contributed by atoms with Gasteiger partial charge in [-0.25, -0.2) is 0 Å². The van der Waals surface area contributed by atoms with Gasteiger partial charge in [0.05, 0.1) is 1.37 Å². The van der Waals surface area contributed by atoms with Crippen molar-refractivity contribution in [3.05, 3.63) is 29.0 Å². The molecule has 1 rings (SSSR count). The van der Waals surface area contributed by atoms with E-state index in [1.165, 1.54) is 6.20 Å². The summed E-state index contributed by atoms with van der Waals surface area (Å²) in [5.41, 5.74) is 0. The Morgan fingerprint density at radius 3 is 3.14 bits per heavy atom. The number of halogens is 1. The van der Waals surface area contributed by atoms with Gasteiger partial charge in [0.15, 0.2) is 0 Å². The molecular formula is C5H4BrN. The summed E-state index contributed by atoms with van der Waals surface area (Å²) >= 11 is 3.18. The van der Waals surface area contributed by atoms with Gasteiger partial charge in [-0.15, -0.1) is 0 Å². The lowest BCUT2D eigenvalue weighted by Gasteiger charge is -1.80. The lowest BCUT2D eigenvalue weighted by molar-refractivity contribution is 1.31. The van der Waals surface area contributed by atoms with Gasteiger partial charge in [-0.2, -0.15) is 0 Å². The Kier molecular flexibility index (Phi) is 1.07. The standard InChI is InChI=1S/C5H4BrN/c6-5-2-1-3-7-4-5/h1-4H/i1D. The molecule has 0 aromatic carbocycles. The maximum absolute atomic E-state index is 7.04. The zero-order chi connectivity index (χ0) is 5.98. The van der Waals surface area contributed by atoms with Crippen molar-refractivity contribution >= 4 is 15.9 Å². The van der Waals surface area contributed by atoms with Gasteiger partial charge < -0.3 is 0 Å². The maximum Gasteiger partial charge on any atom is 0.0639 e. The molecule has 0 amide bonds. The summed E-state index contributed by atoms with van der Waals surface area (Å²) < 4.78 is 7.90. The summed E-state index contributed by atoms with van der Waals surface area (Å²) in [6.45, 7) is 0. The highest BCUT2D eigenvalue weighted by atomic mass is 79.9. The fourth-order valence-electron chi connectivity index (χ4n) is 0.306. The van der Waals surface area contributed by atoms with E-state index >= 15 is 0 Å². The first-order valence-corrected chi connectivity index (χ1v) is 2.65. The molecule has 0 radical (unpaired) electrons. The number of pyridine rings is 1. The van der Waals surface area contributed by atoms with Crippen LogP contribution in [0.5, 0.6) is 0 Å². The quantitative estimate of drug-likeness (QED) is 0.562. The van der Waals surface area contributed by atoms with E-state index in [1.807, 2.05) is 0 Å². The van der Waals surface area contributed by atoms with Crippen molar-refractivity contribution in [2.45, 2.75) is 0 Å². The summed E-state index contributed by atoms with van der Waals surface area (Å²) in [4.78, 5) is 3.75.